The molecule has 4 heteroatoms. The molecule has 0 amide bonds. The van der Waals surface area contributed by atoms with Crippen LogP contribution in [0.15, 0.2) is 12.1 Å². The average molecular weight is 158 g/mol. The van der Waals surface area contributed by atoms with E-state index in [1.165, 1.54) is 6.07 Å². The molecule has 0 aromatic heterocycles. The van der Waals surface area contributed by atoms with Crippen LogP contribution in [0.3, 0.4) is 0 Å². The van der Waals surface area contributed by atoms with Gasteiger partial charge < -0.3 is 15.3 Å². The zero-order valence-electron chi connectivity index (χ0n) is 5.58. The normalized spacial score (nSPS) is 10.0. The predicted octanol–water partition coefficient (Wildman–Crippen LogP) is 0.729. The number of aliphatic hydroxyl groups is 1. The first-order valence-corrected chi connectivity index (χ1v) is 2.97. The van der Waals surface area contributed by atoms with Gasteiger partial charge in [-0.3, -0.25) is 0 Å². The Morgan fingerprint density at radius 3 is 2.45 bits per heavy atom. The molecule has 11 heavy (non-hydrogen) atoms. The van der Waals surface area contributed by atoms with E-state index in [4.69, 9.17) is 15.3 Å². The second kappa shape index (κ2) is 2.75. The number of aliphatic hydroxyl groups excluding tert-OH is 1. The Balaban J connectivity index is 3.25. The first kappa shape index (κ1) is 7.81. The second-order valence-corrected chi connectivity index (χ2v) is 2.06. The van der Waals surface area contributed by atoms with Crippen molar-refractivity contribution in [3.05, 3.63) is 23.5 Å². The minimum atomic E-state index is -1.10. The summed E-state index contributed by atoms with van der Waals surface area (Å²) < 4.78 is 12.6. The lowest BCUT2D eigenvalue weighted by atomic mass is 10.2. The summed E-state index contributed by atoms with van der Waals surface area (Å²) in [6.07, 6.45) is 0. The van der Waals surface area contributed by atoms with Crippen LogP contribution in [0.25, 0.3) is 0 Å². The first-order chi connectivity index (χ1) is 5.16. The Morgan fingerprint density at radius 1 is 1.27 bits per heavy atom. The number of aromatic hydroxyl groups is 2. The highest BCUT2D eigenvalue weighted by molar-refractivity contribution is 5.40. The SMILES string of the molecule is OCc1ccc(O)c(F)c1O. The van der Waals surface area contributed by atoms with Gasteiger partial charge in [0.25, 0.3) is 0 Å². The molecule has 0 bridgehead atoms. The van der Waals surface area contributed by atoms with Crippen LogP contribution in [0.5, 0.6) is 11.5 Å². The molecular weight excluding hydrogens is 151 g/mol. The fourth-order valence-corrected chi connectivity index (χ4v) is 0.721. The number of benzene rings is 1. The van der Waals surface area contributed by atoms with Gasteiger partial charge in [-0.15, -0.1) is 0 Å². The lowest BCUT2D eigenvalue weighted by Gasteiger charge is -2.02. The van der Waals surface area contributed by atoms with Gasteiger partial charge in [0.05, 0.1) is 6.61 Å². The zero-order valence-corrected chi connectivity index (χ0v) is 5.58. The standard InChI is InChI=1S/C7H7FO3/c8-6-5(10)2-1-4(3-9)7(6)11/h1-2,9-11H,3H2. The topological polar surface area (TPSA) is 60.7 Å². The van der Waals surface area contributed by atoms with Crippen LogP contribution in [0, 0.1) is 5.82 Å². The number of phenols is 2. The van der Waals surface area contributed by atoms with E-state index < -0.39 is 23.9 Å². The molecular formula is C7H7FO3. The first-order valence-electron chi connectivity index (χ1n) is 2.97. The summed E-state index contributed by atoms with van der Waals surface area (Å²) in [5.74, 6) is -2.43. The van der Waals surface area contributed by atoms with Crippen molar-refractivity contribution in [1.82, 2.24) is 0 Å². The third kappa shape index (κ3) is 1.25. The van der Waals surface area contributed by atoms with E-state index in [0.717, 1.165) is 6.07 Å². The molecule has 0 aliphatic rings. The van der Waals surface area contributed by atoms with Crippen molar-refractivity contribution in [3.63, 3.8) is 0 Å². The number of phenolic OH excluding ortho intramolecular Hbond substituents is 1. The molecule has 0 aliphatic carbocycles. The van der Waals surface area contributed by atoms with Gasteiger partial charge in [0.15, 0.2) is 11.5 Å². The minimum absolute atomic E-state index is 0.0558. The van der Waals surface area contributed by atoms with Crippen molar-refractivity contribution in [2.45, 2.75) is 6.61 Å². The van der Waals surface area contributed by atoms with Crippen LogP contribution in [0.1, 0.15) is 5.56 Å². The molecule has 0 atom stereocenters. The number of rotatable bonds is 1. The molecule has 1 aromatic rings. The van der Waals surface area contributed by atoms with Crippen LogP contribution in [-0.2, 0) is 6.61 Å². The Kier molecular flexibility index (Phi) is 1.96. The molecule has 0 saturated carbocycles. The fourth-order valence-electron chi connectivity index (χ4n) is 0.721. The summed E-state index contributed by atoms with van der Waals surface area (Å²) in [4.78, 5) is 0. The van der Waals surface area contributed by atoms with Gasteiger partial charge in [0.2, 0.25) is 5.82 Å². The van der Waals surface area contributed by atoms with Crippen molar-refractivity contribution in [1.29, 1.82) is 0 Å². The lowest BCUT2D eigenvalue weighted by Crippen LogP contribution is -1.87. The largest absolute Gasteiger partial charge is 0.505 e. The molecule has 0 radical (unpaired) electrons. The van der Waals surface area contributed by atoms with Gasteiger partial charge in [0, 0.05) is 5.56 Å². The summed E-state index contributed by atoms with van der Waals surface area (Å²) in [7, 11) is 0. The number of halogens is 1. The Morgan fingerprint density at radius 2 is 1.91 bits per heavy atom. The van der Waals surface area contributed by atoms with Crippen LogP contribution in [-0.4, -0.2) is 15.3 Å². The zero-order chi connectivity index (χ0) is 8.43. The number of hydrogen-bond acceptors (Lipinski definition) is 3. The summed E-state index contributed by atoms with van der Waals surface area (Å²) in [5, 5.41) is 26.1. The highest BCUT2D eigenvalue weighted by Gasteiger charge is 2.09. The maximum atomic E-state index is 12.6. The van der Waals surface area contributed by atoms with Gasteiger partial charge in [0.1, 0.15) is 0 Å². The summed E-state index contributed by atoms with van der Waals surface area (Å²) in [5.41, 5.74) is 0.0558. The molecule has 3 nitrogen and oxygen atoms in total. The predicted molar refractivity (Wildman–Crippen MR) is 35.7 cm³/mol. The van der Waals surface area contributed by atoms with Crippen LogP contribution < -0.4 is 0 Å². The smallest absolute Gasteiger partial charge is 0.206 e. The van der Waals surface area contributed by atoms with Gasteiger partial charge in [-0.25, -0.2) is 0 Å². The van der Waals surface area contributed by atoms with E-state index in [9.17, 15) is 4.39 Å². The van der Waals surface area contributed by atoms with E-state index >= 15 is 0 Å². The van der Waals surface area contributed by atoms with Crippen molar-refractivity contribution in [3.8, 4) is 11.5 Å². The molecule has 3 N–H and O–H groups in total. The molecule has 0 spiro atoms. The van der Waals surface area contributed by atoms with Crippen molar-refractivity contribution in [2.24, 2.45) is 0 Å². The Bertz CT molecular complexity index is 273. The Labute approximate surface area is 62.3 Å². The van der Waals surface area contributed by atoms with E-state index in [2.05, 4.69) is 0 Å². The summed E-state index contributed by atoms with van der Waals surface area (Å²) in [6, 6.07) is 2.31. The Hall–Kier alpha value is -1.29. The molecule has 1 aromatic carbocycles. The molecule has 1 rings (SSSR count). The number of hydrogen-bond donors (Lipinski definition) is 3. The molecule has 60 valence electrons. The van der Waals surface area contributed by atoms with Gasteiger partial charge in [-0.1, -0.05) is 0 Å². The summed E-state index contributed by atoms with van der Waals surface area (Å²) >= 11 is 0. The van der Waals surface area contributed by atoms with Crippen molar-refractivity contribution >= 4 is 0 Å². The minimum Gasteiger partial charge on any atom is -0.505 e. The van der Waals surface area contributed by atoms with Crippen LogP contribution in [0.4, 0.5) is 4.39 Å². The third-order valence-electron chi connectivity index (χ3n) is 1.35. The fraction of sp³-hybridized carbons (Fsp3) is 0.143. The van der Waals surface area contributed by atoms with E-state index in [1.807, 2.05) is 0 Å². The highest BCUT2D eigenvalue weighted by Crippen LogP contribution is 2.27. The second-order valence-electron chi connectivity index (χ2n) is 2.06. The molecule has 0 fully saturated rings. The van der Waals surface area contributed by atoms with E-state index in [0.29, 0.717) is 0 Å². The average Bonchev–Trinajstić information content (AvgIpc) is 2.01. The highest BCUT2D eigenvalue weighted by atomic mass is 19.1. The van der Waals surface area contributed by atoms with E-state index in [1.54, 1.807) is 0 Å². The molecule has 0 unspecified atom stereocenters. The van der Waals surface area contributed by atoms with Gasteiger partial charge in [-0.05, 0) is 12.1 Å². The quantitative estimate of drug-likeness (QED) is 0.564. The monoisotopic (exact) mass is 158 g/mol. The molecule has 0 aliphatic heterocycles. The van der Waals surface area contributed by atoms with E-state index in [-0.39, 0.29) is 5.56 Å². The van der Waals surface area contributed by atoms with Crippen molar-refractivity contribution in [2.75, 3.05) is 0 Å². The van der Waals surface area contributed by atoms with Gasteiger partial charge in [-0.2, -0.15) is 4.39 Å². The van der Waals surface area contributed by atoms with Gasteiger partial charge >= 0.3 is 0 Å². The molecule has 0 saturated heterocycles. The lowest BCUT2D eigenvalue weighted by molar-refractivity contribution is 0.272. The summed E-state index contributed by atoms with van der Waals surface area (Å²) in [6.45, 7) is -0.455. The van der Waals surface area contributed by atoms with Crippen LogP contribution >= 0.6 is 0 Å². The molecule has 0 heterocycles. The van der Waals surface area contributed by atoms with Crippen molar-refractivity contribution < 1.29 is 19.7 Å². The van der Waals surface area contributed by atoms with Crippen LogP contribution in [0.2, 0.25) is 0 Å². The third-order valence-corrected chi connectivity index (χ3v) is 1.35. The maximum absolute atomic E-state index is 12.6. The maximum Gasteiger partial charge on any atom is 0.206 e.